The first-order valence-electron chi connectivity index (χ1n) is 31.1. The van der Waals surface area contributed by atoms with Crippen LogP contribution in [0.25, 0.3) is 0 Å². The summed E-state index contributed by atoms with van der Waals surface area (Å²) >= 11 is 0. The third-order valence-electron chi connectivity index (χ3n) is 13.3. The molecule has 0 aliphatic rings. The fourth-order valence-corrected chi connectivity index (χ4v) is 8.64. The second-order valence-corrected chi connectivity index (χ2v) is 20.4. The van der Waals surface area contributed by atoms with Crippen LogP contribution in [0.4, 0.5) is 0 Å². The maximum Gasteiger partial charge on any atom is 0.306 e. The average molecular weight is 1030 g/mol. The zero-order valence-corrected chi connectivity index (χ0v) is 48.3. The summed E-state index contributed by atoms with van der Waals surface area (Å²) in [5.74, 6) is -0.639. The number of rotatable bonds is 56. The molecule has 5 nitrogen and oxygen atoms in total. The number of unbranched alkanes of at least 4 members (excludes halogenated alkanes) is 28. The molecule has 0 heterocycles. The minimum atomic E-state index is -0.803. The molecule has 0 amide bonds. The highest BCUT2D eigenvalue weighted by Crippen LogP contribution is 2.17. The molecule has 0 spiro atoms. The maximum atomic E-state index is 12.3. The van der Waals surface area contributed by atoms with Gasteiger partial charge in [-0.2, -0.15) is 0 Å². The van der Waals surface area contributed by atoms with Crippen molar-refractivity contribution in [2.75, 3.05) is 13.2 Å². The van der Waals surface area contributed by atoms with Crippen LogP contribution in [0.5, 0.6) is 0 Å². The van der Waals surface area contributed by atoms with Gasteiger partial charge in [-0.05, 0) is 89.9 Å². The molecule has 0 saturated carbocycles. The van der Waals surface area contributed by atoms with Crippen molar-refractivity contribution in [3.63, 3.8) is 0 Å². The summed E-state index contributed by atoms with van der Waals surface area (Å²) in [6.45, 7) is 4.02. The van der Waals surface area contributed by atoms with Gasteiger partial charge in [-0.25, -0.2) is 0 Å². The molecule has 0 aromatic heterocycles. The maximum absolute atomic E-state index is 12.3. The van der Waals surface area contributed by atoms with Crippen LogP contribution in [0.3, 0.4) is 0 Å². The van der Waals surface area contributed by atoms with Crippen molar-refractivity contribution in [2.24, 2.45) is 0 Å². The van der Waals surface area contributed by atoms with Gasteiger partial charge in [0.05, 0.1) is 6.61 Å². The van der Waals surface area contributed by atoms with Crippen molar-refractivity contribution in [2.45, 2.75) is 290 Å². The highest BCUT2D eigenvalue weighted by molar-refractivity contribution is 5.70. The minimum Gasteiger partial charge on any atom is -0.462 e. The molecular formula is C69H116O5. The predicted octanol–water partition coefficient (Wildman–Crippen LogP) is 21.4. The number of carbonyl (C=O) groups excluding carboxylic acids is 2. The Morgan fingerprint density at radius 3 is 0.878 bits per heavy atom. The summed E-state index contributed by atoms with van der Waals surface area (Å²) in [4.78, 5) is 24.6. The van der Waals surface area contributed by atoms with Crippen LogP contribution in [0.15, 0.2) is 122 Å². The normalized spacial score (nSPS) is 13.1. The Morgan fingerprint density at radius 1 is 0.324 bits per heavy atom. The first-order valence-corrected chi connectivity index (χ1v) is 31.1. The lowest BCUT2D eigenvalue weighted by Gasteiger charge is -2.15. The molecule has 0 aromatic rings. The van der Waals surface area contributed by atoms with Gasteiger partial charge in [0.1, 0.15) is 6.61 Å². The van der Waals surface area contributed by atoms with E-state index in [2.05, 4.69) is 135 Å². The van der Waals surface area contributed by atoms with Crippen molar-refractivity contribution in [3.8, 4) is 0 Å². The summed E-state index contributed by atoms with van der Waals surface area (Å²) < 4.78 is 10.7. The van der Waals surface area contributed by atoms with Crippen LogP contribution in [0.1, 0.15) is 284 Å². The Morgan fingerprint density at radius 2 is 0.581 bits per heavy atom. The van der Waals surface area contributed by atoms with Gasteiger partial charge >= 0.3 is 11.9 Å². The average Bonchev–Trinajstić information content (AvgIpc) is 3.40. The zero-order valence-electron chi connectivity index (χ0n) is 48.3. The largest absolute Gasteiger partial charge is 0.462 e. The third kappa shape index (κ3) is 60.9. The van der Waals surface area contributed by atoms with Gasteiger partial charge in [0.15, 0.2) is 6.10 Å². The topological polar surface area (TPSA) is 72.8 Å². The fourth-order valence-electron chi connectivity index (χ4n) is 8.64. The van der Waals surface area contributed by atoms with Gasteiger partial charge in [0, 0.05) is 12.8 Å². The smallest absolute Gasteiger partial charge is 0.306 e. The minimum absolute atomic E-state index is 0.0879. The summed E-state index contributed by atoms with van der Waals surface area (Å²) in [5, 5.41) is 9.67. The van der Waals surface area contributed by atoms with E-state index in [1.807, 2.05) is 0 Å². The quantitative estimate of drug-likeness (QED) is 0.0373. The van der Waals surface area contributed by atoms with E-state index in [-0.39, 0.29) is 25.2 Å². The zero-order chi connectivity index (χ0) is 53.4. The molecule has 0 bridgehead atoms. The molecule has 74 heavy (non-hydrogen) atoms. The molecule has 422 valence electrons. The van der Waals surface area contributed by atoms with E-state index in [1.165, 1.54) is 154 Å². The van der Waals surface area contributed by atoms with E-state index in [0.717, 1.165) is 103 Å². The Kier molecular flexibility index (Phi) is 60.4. The Hall–Kier alpha value is -3.70. The van der Waals surface area contributed by atoms with E-state index >= 15 is 0 Å². The number of ether oxygens (including phenoxy) is 2. The second-order valence-electron chi connectivity index (χ2n) is 20.4. The van der Waals surface area contributed by atoms with E-state index in [4.69, 9.17) is 9.47 Å². The number of esters is 2. The summed E-state index contributed by atoms with van der Waals surface area (Å²) in [6, 6.07) is 0. The predicted molar refractivity (Wildman–Crippen MR) is 325 cm³/mol. The summed E-state index contributed by atoms with van der Waals surface area (Å²) in [6.07, 6.45) is 93.4. The second kappa shape index (κ2) is 63.6. The molecule has 0 radical (unpaired) electrons. The Bertz CT molecular complexity index is 1490. The molecule has 0 rings (SSSR count). The number of carbonyl (C=O) groups is 2. The highest BCUT2D eigenvalue weighted by atomic mass is 16.6. The SMILES string of the molecule is CC/C=C\C/C=C\C/C=C\C/C=C\C/C=C\C/C=C\C/C=C\C/C=C\C/C=C\C/C=C\CCCCC(=O)OC(CO)COC(=O)CCCCCCCCCCCCCCCCCCCCCCCCCCCCC. The lowest BCUT2D eigenvalue weighted by molar-refractivity contribution is -0.161. The van der Waals surface area contributed by atoms with Crippen molar-refractivity contribution in [1.82, 2.24) is 0 Å². The molecule has 5 heteroatoms. The van der Waals surface area contributed by atoms with Gasteiger partial charge in [-0.15, -0.1) is 0 Å². The monoisotopic (exact) mass is 1020 g/mol. The standard InChI is InChI=1S/C69H116O5/c1-3-5-7-9-11-13-15-17-19-21-23-25-27-29-31-32-33-34-35-36-38-40-42-44-46-48-50-52-54-56-58-60-62-64-69(72)74-67(65-70)66-73-68(71)63-61-59-57-55-53-51-49-47-45-43-41-39-37-30-28-26-24-22-20-18-16-14-12-10-8-6-4-2/h5,7,11,13,17,19,23,25,29,31,33-34,36,38,42,44,48,50,54,56,67,70H,3-4,6,8-10,12,14-16,18,20-22,24,26-28,30,32,35,37,39-41,43,45-47,49,51-53,55,57-66H2,1-2H3/b7-5-,13-11-,19-17-,25-23-,31-29-,34-33-,38-36-,44-42-,50-48-,56-54-. The van der Waals surface area contributed by atoms with E-state index in [1.54, 1.807) is 0 Å². The van der Waals surface area contributed by atoms with Crippen molar-refractivity contribution >= 4 is 11.9 Å². The van der Waals surface area contributed by atoms with Gasteiger partial charge in [0.2, 0.25) is 0 Å². The summed E-state index contributed by atoms with van der Waals surface area (Å²) in [7, 11) is 0. The van der Waals surface area contributed by atoms with Crippen LogP contribution in [0, 0.1) is 0 Å². The lowest BCUT2D eigenvalue weighted by atomic mass is 10.0. The number of hydrogen-bond donors (Lipinski definition) is 1. The molecule has 0 aromatic carbocycles. The Balaban J connectivity index is 3.60. The molecule has 0 saturated heterocycles. The lowest BCUT2D eigenvalue weighted by Crippen LogP contribution is -2.28. The molecule has 0 aliphatic carbocycles. The Labute approximate surface area is 458 Å². The molecular weight excluding hydrogens is 909 g/mol. The van der Waals surface area contributed by atoms with E-state index < -0.39 is 6.10 Å². The van der Waals surface area contributed by atoms with E-state index in [0.29, 0.717) is 12.8 Å². The first kappa shape index (κ1) is 70.3. The number of aliphatic hydroxyl groups excluding tert-OH is 1. The van der Waals surface area contributed by atoms with Crippen molar-refractivity contribution in [3.05, 3.63) is 122 Å². The van der Waals surface area contributed by atoms with Gasteiger partial charge in [-0.3, -0.25) is 9.59 Å². The molecule has 1 atom stereocenters. The van der Waals surface area contributed by atoms with Crippen molar-refractivity contribution < 1.29 is 24.2 Å². The molecule has 1 N–H and O–H groups in total. The molecule has 0 aliphatic heterocycles. The van der Waals surface area contributed by atoms with Gasteiger partial charge in [-0.1, -0.05) is 302 Å². The number of hydrogen-bond acceptors (Lipinski definition) is 5. The van der Waals surface area contributed by atoms with Crippen molar-refractivity contribution in [1.29, 1.82) is 0 Å². The first-order chi connectivity index (χ1) is 36.6. The van der Waals surface area contributed by atoms with Crippen LogP contribution >= 0.6 is 0 Å². The van der Waals surface area contributed by atoms with Crippen LogP contribution in [0.2, 0.25) is 0 Å². The van der Waals surface area contributed by atoms with Crippen LogP contribution in [-0.4, -0.2) is 36.4 Å². The highest BCUT2D eigenvalue weighted by Gasteiger charge is 2.16. The van der Waals surface area contributed by atoms with Crippen LogP contribution in [-0.2, 0) is 19.1 Å². The van der Waals surface area contributed by atoms with Gasteiger partial charge < -0.3 is 14.6 Å². The number of allylic oxidation sites excluding steroid dienone is 20. The van der Waals surface area contributed by atoms with Gasteiger partial charge in [0.25, 0.3) is 0 Å². The third-order valence-corrected chi connectivity index (χ3v) is 13.3. The molecule has 1 unspecified atom stereocenters. The number of aliphatic hydroxyl groups is 1. The van der Waals surface area contributed by atoms with E-state index in [9.17, 15) is 14.7 Å². The fraction of sp³-hybridized carbons (Fsp3) is 0.681. The molecule has 0 fully saturated rings. The summed E-state index contributed by atoms with van der Waals surface area (Å²) in [5.41, 5.74) is 0. The van der Waals surface area contributed by atoms with Crippen LogP contribution < -0.4 is 0 Å².